The van der Waals surface area contributed by atoms with Gasteiger partial charge in [0.15, 0.2) is 0 Å². The first kappa shape index (κ1) is 23.6. The Kier molecular flexibility index (Phi) is 7.40. The fourth-order valence-corrected chi connectivity index (χ4v) is 4.80. The number of amides is 1. The van der Waals surface area contributed by atoms with Crippen molar-refractivity contribution in [2.45, 2.75) is 39.7 Å². The molecule has 166 valence electrons. The summed E-state index contributed by atoms with van der Waals surface area (Å²) in [6.07, 6.45) is 1.83. The number of ether oxygens (including phenoxy) is 1. The molecule has 1 aliphatic heterocycles. The fourth-order valence-electron chi connectivity index (χ4n) is 3.58. The summed E-state index contributed by atoms with van der Waals surface area (Å²) in [5.41, 5.74) is 0.319. The number of nitrogens with zero attached hydrogens (tertiary/aromatic N) is 3. The van der Waals surface area contributed by atoms with Crippen molar-refractivity contribution in [3.05, 3.63) is 33.9 Å². The van der Waals surface area contributed by atoms with Gasteiger partial charge in [0, 0.05) is 25.2 Å². The zero-order valence-corrected chi connectivity index (χ0v) is 18.3. The number of carbonyl (C=O) groups is 2. The number of aryl methyl sites for hydroxylation is 1. The largest absolute Gasteiger partial charge is 0.466 e. The zero-order chi connectivity index (χ0) is 22.6. The molecule has 1 fully saturated rings. The van der Waals surface area contributed by atoms with Crippen molar-refractivity contribution in [2.24, 2.45) is 5.92 Å². The van der Waals surface area contributed by atoms with Crippen LogP contribution in [0.1, 0.15) is 32.3 Å². The average molecular weight is 442 g/mol. The third-order valence-electron chi connectivity index (χ3n) is 5.13. The average Bonchev–Trinajstić information content (AvgIpc) is 2.68. The first-order valence-electron chi connectivity index (χ1n) is 9.67. The number of non-ortho nitro benzene ring substituents is 1. The van der Waals surface area contributed by atoms with E-state index in [1.165, 1.54) is 24.0 Å². The van der Waals surface area contributed by atoms with Crippen LogP contribution in [-0.2, 0) is 24.3 Å². The summed E-state index contributed by atoms with van der Waals surface area (Å²) in [6.45, 7) is 5.71. The molecule has 0 aromatic heterocycles. The van der Waals surface area contributed by atoms with E-state index in [0.717, 1.165) is 16.6 Å². The van der Waals surface area contributed by atoms with Crippen LogP contribution in [0.2, 0.25) is 0 Å². The van der Waals surface area contributed by atoms with Gasteiger partial charge in [-0.3, -0.25) is 24.0 Å². The number of carbonyl (C=O) groups excluding carboxylic acids is 2. The molecule has 11 heteroatoms. The minimum atomic E-state index is -3.91. The van der Waals surface area contributed by atoms with Gasteiger partial charge in [0.1, 0.15) is 6.04 Å². The van der Waals surface area contributed by atoms with Crippen LogP contribution in [-0.4, -0.2) is 62.1 Å². The summed E-state index contributed by atoms with van der Waals surface area (Å²) in [7, 11) is -3.91. The molecule has 0 unspecified atom stereocenters. The third-order valence-corrected chi connectivity index (χ3v) is 6.36. The second kappa shape index (κ2) is 9.41. The van der Waals surface area contributed by atoms with Gasteiger partial charge in [-0.25, -0.2) is 8.42 Å². The van der Waals surface area contributed by atoms with Crippen LogP contribution in [0.3, 0.4) is 0 Å². The van der Waals surface area contributed by atoms with Gasteiger partial charge in [0.05, 0.1) is 29.4 Å². The van der Waals surface area contributed by atoms with E-state index in [1.54, 1.807) is 13.8 Å². The van der Waals surface area contributed by atoms with Gasteiger partial charge >= 0.3 is 5.97 Å². The second-order valence-electron chi connectivity index (χ2n) is 7.31. The van der Waals surface area contributed by atoms with Crippen molar-refractivity contribution >= 4 is 33.3 Å². The highest BCUT2D eigenvalue weighted by atomic mass is 32.2. The monoisotopic (exact) mass is 441 g/mol. The molecule has 1 aromatic rings. The highest BCUT2D eigenvalue weighted by Gasteiger charge is 2.36. The van der Waals surface area contributed by atoms with Crippen LogP contribution >= 0.6 is 0 Å². The molecular weight excluding hydrogens is 414 g/mol. The van der Waals surface area contributed by atoms with E-state index < -0.39 is 26.9 Å². The quantitative estimate of drug-likeness (QED) is 0.359. The molecule has 0 N–H and O–H groups in total. The van der Waals surface area contributed by atoms with Crippen LogP contribution in [0.5, 0.6) is 0 Å². The van der Waals surface area contributed by atoms with Gasteiger partial charge in [-0.15, -0.1) is 0 Å². The predicted octanol–water partition coefficient (Wildman–Crippen LogP) is 1.86. The topological polar surface area (TPSA) is 127 Å². The summed E-state index contributed by atoms with van der Waals surface area (Å²) in [6, 6.07) is 2.80. The van der Waals surface area contributed by atoms with Crippen LogP contribution in [0.4, 0.5) is 11.4 Å². The molecule has 0 radical (unpaired) electrons. The maximum Gasteiger partial charge on any atom is 0.309 e. The fraction of sp³-hybridized carbons (Fsp3) is 0.579. The van der Waals surface area contributed by atoms with E-state index in [4.69, 9.17) is 4.74 Å². The molecule has 10 nitrogen and oxygen atoms in total. The Bertz CT molecular complexity index is 924. The summed E-state index contributed by atoms with van der Waals surface area (Å²) >= 11 is 0. The Balaban J connectivity index is 2.26. The molecule has 1 aromatic carbocycles. The van der Waals surface area contributed by atoms with Crippen molar-refractivity contribution in [2.75, 3.05) is 30.3 Å². The molecule has 0 saturated carbocycles. The maximum absolute atomic E-state index is 13.1. The number of nitro groups is 1. The summed E-state index contributed by atoms with van der Waals surface area (Å²) in [4.78, 5) is 37.0. The van der Waals surface area contributed by atoms with Crippen LogP contribution < -0.4 is 4.31 Å². The van der Waals surface area contributed by atoms with Gasteiger partial charge in [-0.05, 0) is 39.2 Å². The molecule has 0 aliphatic carbocycles. The van der Waals surface area contributed by atoms with Gasteiger partial charge in [-0.2, -0.15) is 0 Å². The lowest BCUT2D eigenvalue weighted by atomic mass is 9.96. The van der Waals surface area contributed by atoms with E-state index in [1.807, 2.05) is 0 Å². The number of piperidine rings is 1. The number of sulfonamides is 1. The molecule has 0 bridgehead atoms. The first-order valence-corrected chi connectivity index (χ1v) is 11.5. The number of esters is 1. The smallest absolute Gasteiger partial charge is 0.309 e. The third kappa shape index (κ3) is 5.26. The number of rotatable bonds is 7. The SMILES string of the molecule is CCOC(=O)C1CCN(C(=O)[C@H](C)N(c2cc([N+](=O)[O-])ccc2C)S(C)(=O)=O)CC1. The number of hydrogen-bond donors (Lipinski definition) is 0. The van der Waals surface area contributed by atoms with Gasteiger partial charge < -0.3 is 9.64 Å². The Hall–Kier alpha value is -2.69. The molecule has 1 atom stereocenters. The molecular formula is C19H27N3O7S. The normalized spacial score (nSPS) is 16.1. The highest BCUT2D eigenvalue weighted by Crippen LogP contribution is 2.30. The lowest BCUT2D eigenvalue weighted by Gasteiger charge is -2.36. The van der Waals surface area contributed by atoms with E-state index in [2.05, 4.69) is 0 Å². The van der Waals surface area contributed by atoms with Crippen LogP contribution in [0.25, 0.3) is 0 Å². The van der Waals surface area contributed by atoms with Crippen molar-refractivity contribution in [1.82, 2.24) is 4.90 Å². The van der Waals surface area contributed by atoms with E-state index in [-0.39, 0.29) is 23.3 Å². The van der Waals surface area contributed by atoms with Gasteiger partial charge in [-0.1, -0.05) is 6.07 Å². The highest BCUT2D eigenvalue weighted by molar-refractivity contribution is 7.92. The van der Waals surface area contributed by atoms with Crippen molar-refractivity contribution in [1.29, 1.82) is 0 Å². The second-order valence-corrected chi connectivity index (χ2v) is 9.17. The molecule has 0 spiro atoms. The molecule has 1 aliphatic rings. The molecule has 30 heavy (non-hydrogen) atoms. The lowest BCUT2D eigenvalue weighted by Crippen LogP contribution is -2.52. The summed E-state index contributed by atoms with van der Waals surface area (Å²) in [5.74, 6) is -0.995. The minimum absolute atomic E-state index is 0.0916. The van der Waals surface area contributed by atoms with E-state index in [9.17, 15) is 28.1 Å². The Morgan fingerprint density at radius 3 is 2.43 bits per heavy atom. The number of anilines is 1. The van der Waals surface area contributed by atoms with Crippen LogP contribution in [0, 0.1) is 23.0 Å². The molecule has 2 rings (SSSR count). The number of likely N-dealkylation sites (tertiary alicyclic amines) is 1. The Morgan fingerprint density at radius 2 is 1.93 bits per heavy atom. The number of nitro benzene ring substituents is 1. The van der Waals surface area contributed by atoms with Crippen molar-refractivity contribution in [3.8, 4) is 0 Å². The first-order chi connectivity index (χ1) is 14.0. The molecule has 1 saturated heterocycles. The zero-order valence-electron chi connectivity index (χ0n) is 17.5. The number of benzene rings is 1. The predicted molar refractivity (Wildman–Crippen MR) is 111 cm³/mol. The lowest BCUT2D eigenvalue weighted by molar-refractivity contribution is -0.384. The van der Waals surface area contributed by atoms with Gasteiger partial charge in [0.2, 0.25) is 15.9 Å². The Morgan fingerprint density at radius 1 is 1.33 bits per heavy atom. The maximum atomic E-state index is 13.1. The van der Waals surface area contributed by atoms with E-state index in [0.29, 0.717) is 38.1 Å². The van der Waals surface area contributed by atoms with Crippen molar-refractivity contribution < 1.29 is 27.7 Å². The summed E-state index contributed by atoms with van der Waals surface area (Å²) < 4.78 is 31.0. The standard InChI is InChI=1S/C19H27N3O7S/c1-5-29-19(24)15-8-10-20(11-9-15)18(23)14(3)21(30(4,27)28)17-12-16(22(25)26)7-6-13(17)2/h6-7,12,14-15H,5,8-11H2,1-4H3/t14-/m0/s1. The van der Waals surface area contributed by atoms with E-state index >= 15 is 0 Å². The number of hydrogen-bond acceptors (Lipinski definition) is 7. The molecule has 1 amide bonds. The Labute approximate surface area is 176 Å². The molecule has 1 heterocycles. The van der Waals surface area contributed by atoms with Crippen LogP contribution in [0.15, 0.2) is 18.2 Å². The minimum Gasteiger partial charge on any atom is -0.466 e. The van der Waals surface area contributed by atoms with Gasteiger partial charge in [0.25, 0.3) is 5.69 Å². The summed E-state index contributed by atoms with van der Waals surface area (Å²) in [5, 5.41) is 11.1. The van der Waals surface area contributed by atoms with Crippen molar-refractivity contribution in [3.63, 3.8) is 0 Å².